The van der Waals surface area contributed by atoms with Crippen LogP contribution >= 0.6 is 0 Å². The lowest BCUT2D eigenvalue weighted by atomic mass is 10.0. The van der Waals surface area contributed by atoms with Gasteiger partial charge in [0.15, 0.2) is 0 Å². The number of hydrogen-bond acceptors (Lipinski definition) is 4. The lowest BCUT2D eigenvalue weighted by Crippen LogP contribution is -2.50. The van der Waals surface area contributed by atoms with Crippen molar-refractivity contribution < 1.29 is 14.2 Å². The fraction of sp³-hybridized carbons (Fsp3) is 0.600. The van der Waals surface area contributed by atoms with Crippen LogP contribution in [0.5, 0.6) is 11.5 Å². The Balaban J connectivity index is 2.16. The molecule has 19 heavy (non-hydrogen) atoms. The molecule has 1 saturated heterocycles. The highest BCUT2D eigenvalue weighted by Crippen LogP contribution is 2.34. The van der Waals surface area contributed by atoms with E-state index in [1.807, 2.05) is 6.07 Å². The second kappa shape index (κ2) is 6.26. The topological polar surface area (TPSA) is 30.9 Å². The summed E-state index contributed by atoms with van der Waals surface area (Å²) in [5.41, 5.74) is 2.36. The highest BCUT2D eigenvalue weighted by atomic mass is 16.5. The first-order chi connectivity index (χ1) is 9.23. The highest BCUT2D eigenvalue weighted by molar-refractivity contribution is 5.50. The third kappa shape index (κ3) is 2.85. The van der Waals surface area contributed by atoms with Gasteiger partial charge in [-0.1, -0.05) is 13.0 Å². The Kier molecular flexibility index (Phi) is 4.66. The summed E-state index contributed by atoms with van der Waals surface area (Å²) in [5, 5.41) is 0. The van der Waals surface area contributed by atoms with Gasteiger partial charge in [0, 0.05) is 37.9 Å². The zero-order valence-corrected chi connectivity index (χ0v) is 12.2. The summed E-state index contributed by atoms with van der Waals surface area (Å²) in [6, 6.07) is 4.13. The van der Waals surface area contributed by atoms with Gasteiger partial charge in [0.2, 0.25) is 0 Å². The Hall–Kier alpha value is -1.26. The van der Waals surface area contributed by atoms with E-state index in [4.69, 9.17) is 14.2 Å². The maximum atomic E-state index is 5.59. The van der Waals surface area contributed by atoms with E-state index in [9.17, 15) is 0 Å². The van der Waals surface area contributed by atoms with Crippen LogP contribution in [0.15, 0.2) is 12.1 Å². The summed E-state index contributed by atoms with van der Waals surface area (Å²) in [4.78, 5) is 2.36. The van der Waals surface area contributed by atoms with Gasteiger partial charge in [0.1, 0.15) is 11.5 Å². The van der Waals surface area contributed by atoms with Crippen LogP contribution in [0.3, 0.4) is 0 Å². The van der Waals surface area contributed by atoms with E-state index in [-0.39, 0.29) is 0 Å². The fourth-order valence-electron chi connectivity index (χ4n) is 2.60. The molecule has 1 aromatic rings. The molecule has 0 N–H and O–H groups in total. The van der Waals surface area contributed by atoms with Crippen molar-refractivity contribution in [1.82, 2.24) is 4.90 Å². The van der Waals surface area contributed by atoms with Crippen molar-refractivity contribution >= 4 is 0 Å². The van der Waals surface area contributed by atoms with Crippen LogP contribution in [0.25, 0.3) is 0 Å². The predicted octanol–water partition coefficient (Wildman–Crippen LogP) is 2.10. The molecule has 1 aromatic carbocycles. The van der Waals surface area contributed by atoms with Crippen LogP contribution in [0, 0.1) is 0 Å². The summed E-state index contributed by atoms with van der Waals surface area (Å²) in [6.07, 6.45) is 1.29. The van der Waals surface area contributed by atoms with Crippen molar-refractivity contribution in [3.8, 4) is 11.5 Å². The Morgan fingerprint density at radius 1 is 1.16 bits per heavy atom. The normalized spacial score (nSPS) is 16.2. The summed E-state index contributed by atoms with van der Waals surface area (Å²) in [5.74, 6) is 1.86. The number of nitrogens with zero attached hydrogens (tertiary/aromatic N) is 1. The fourth-order valence-corrected chi connectivity index (χ4v) is 2.60. The van der Waals surface area contributed by atoms with Gasteiger partial charge in [-0.3, -0.25) is 4.90 Å². The molecule has 106 valence electrons. The van der Waals surface area contributed by atoms with Crippen molar-refractivity contribution in [2.75, 3.05) is 34.4 Å². The standard InChI is InChI=1S/C15H23NO3/c1-5-13-14(18-3)7-6-11(15(13)19-4)8-16-9-12(10-16)17-2/h6-7,12H,5,8-10H2,1-4H3. The third-order valence-corrected chi connectivity index (χ3v) is 3.73. The summed E-state index contributed by atoms with van der Waals surface area (Å²) in [7, 11) is 5.20. The van der Waals surface area contributed by atoms with Gasteiger partial charge in [-0.15, -0.1) is 0 Å². The van der Waals surface area contributed by atoms with Gasteiger partial charge in [-0.05, 0) is 12.5 Å². The Morgan fingerprint density at radius 2 is 1.89 bits per heavy atom. The van der Waals surface area contributed by atoms with Crippen LogP contribution in [0.1, 0.15) is 18.1 Å². The van der Waals surface area contributed by atoms with Gasteiger partial charge in [0.25, 0.3) is 0 Å². The zero-order chi connectivity index (χ0) is 13.8. The Bertz CT molecular complexity index is 428. The van der Waals surface area contributed by atoms with Crippen LogP contribution in [-0.4, -0.2) is 45.4 Å². The Labute approximate surface area is 115 Å². The second-order valence-corrected chi connectivity index (χ2v) is 4.84. The van der Waals surface area contributed by atoms with E-state index in [0.717, 1.165) is 43.1 Å². The summed E-state index contributed by atoms with van der Waals surface area (Å²) >= 11 is 0. The van der Waals surface area contributed by atoms with Gasteiger partial charge in [-0.25, -0.2) is 0 Å². The molecular weight excluding hydrogens is 242 g/mol. The smallest absolute Gasteiger partial charge is 0.130 e. The van der Waals surface area contributed by atoms with E-state index < -0.39 is 0 Å². The summed E-state index contributed by atoms with van der Waals surface area (Å²) < 4.78 is 16.3. The first-order valence-electron chi connectivity index (χ1n) is 6.71. The molecule has 0 spiro atoms. The van der Waals surface area contributed by atoms with Crippen LogP contribution in [0.4, 0.5) is 0 Å². The number of ether oxygens (including phenoxy) is 3. The molecule has 0 saturated carbocycles. The molecule has 2 rings (SSSR count). The lowest BCUT2D eigenvalue weighted by molar-refractivity contribution is -0.0336. The first-order valence-corrected chi connectivity index (χ1v) is 6.71. The maximum Gasteiger partial charge on any atom is 0.130 e. The van der Waals surface area contributed by atoms with Crippen LogP contribution in [-0.2, 0) is 17.7 Å². The highest BCUT2D eigenvalue weighted by Gasteiger charge is 2.27. The molecule has 1 aliphatic rings. The number of methoxy groups -OCH3 is 3. The molecule has 4 heteroatoms. The van der Waals surface area contributed by atoms with Crippen molar-refractivity contribution in [3.63, 3.8) is 0 Å². The predicted molar refractivity (Wildman–Crippen MR) is 75.0 cm³/mol. The van der Waals surface area contributed by atoms with Crippen LogP contribution in [0.2, 0.25) is 0 Å². The monoisotopic (exact) mass is 265 g/mol. The molecule has 0 aromatic heterocycles. The van der Waals surface area contributed by atoms with E-state index in [1.165, 1.54) is 5.56 Å². The number of likely N-dealkylation sites (tertiary alicyclic amines) is 1. The molecule has 0 aliphatic carbocycles. The Morgan fingerprint density at radius 3 is 2.42 bits per heavy atom. The van der Waals surface area contributed by atoms with Gasteiger partial charge >= 0.3 is 0 Å². The number of benzene rings is 1. The van der Waals surface area contributed by atoms with E-state index in [1.54, 1.807) is 21.3 Å². The third-order valence-electron chi connectivity index (χ3n) is 3.73. The van der Waals surface area contributed by atoms with Crippen molar-refractivity contribution in [1.29, 1.82) is 0 Å². The molecule has 1 fully saturated rings. The van der Waals surface area contributed by atoms with Crippen molar-refractivity contribution in [2.24, 2.45) is 0 Å². The minimum atomic E-state index is 0.384. The average Bonchev–Trinajstić information content (AvgIpc) is 2.40. The van der Waals surface area contributed by atoms with Crippen molar-refractivity contribution in [2.45, 2.75) is 26.0 Å². The second-order valence-electron chi connectivity index (χ2n) is 4.84. The molecule has 0 amide bonds. The van der Waals surface area contributed by atoms with Gasteiger partial charge in [-0.2, -0.15) is 0 Å². The minimum absolute atomic E-state index is 0.384. The van der Waals surface area contributed by atoms with Gasteiger partial charge < -0.3 is 14.2 Å². The minimum Gasteiger partial charge on any atom is -0.496 e. The molecule has 1 aliphatic heterocycles. The molecular formula is C15H23NO3. The van der Waals surface area contributed by atoms with E-state index >= 15 is 0 Å². The maximum absolute atomic E-state index is 5.59. The van der Waals surface area contributed by atoms with Gasteiger partial charge in [0.05, 0.1) is 20.3 Å². The van der Waals surface area contributed by atoms with Crippen molar-refractivity contribution in [3.05, 3.63) is 23.3 Å². The SMILES string of the molecule is CCc1c(OC)ccc(CN2CC(OC)C2)c1OC. The quantitative estimate of drug-likeness (QED) is 0.788. The lowest BCUT2D eigenvalue weighted by Gasteiger charge is -2.38. The molecule has 4 nitrogen and oxygen atoms in total. The molecule has 1 heterocycles. The molecule has 0 radical (unpaired) electrons. The zero-order valence-electron chi connectivity index (χ0n) is 12.2. The number of rotatable bonds is 6. The average molecular weight is 265 g/mol. The number of hydrogen-bond donors (Lipinski definition) is 0. The van der Waals surface area contributed by atoms with E-state index in [2.05, 4.69) is 17.9 Å². The van der Waals surface area contributed by atoms with E-state index in [0.29, 0.717) is 6.10 Å². The first kappa shape index (κ1) is 14.2. The molecule has 0 atom stereocenters. The largest absolute Gasteiger partial charge is 0.496 e. The molecule has 0 bridgehead atoms. The summed E-state index contributed by atoms with van der Waals surface area (Å²) in [6.45, 7) is 5.01. The molecule has 0 unspecified atom stereocenters. The van der Waals surface area contributed by atoms with Crippen LogP contribution < -0.4 is 9.47 Å².